The molecule has 1 heterocycles. The molecular weight excluding hydrogens is 252 g/mol. The van der Waals surface area contributed by atoms with Crippen molar-refractivity contribution in [1.29, 1.82) is 0 Å². The van der Waals surface area contributed by atoms with Gasteiger partial charge in [0.05, 0.1) is 5.69 Å². The molecule has 98 valence electrons. The summed E-state index contributed by atoms with van der Waals surface area (Å²) in [6.45, 7) is 3.97. The van der Waals surface area contributed by atoms with Crippen molar-refractivity contribution in [3.63, 3.8) is 0 Å². The summed E-state index contributed by atoms with van der Waals surface area (Å²) in [4.78, 5) is 7.62. The Bertz CT molecular complexity index is 651. The lowest BCUT2D eigenvalue weighted by Crippen LogP contribution is -2.08. The molecule has 1 fully saturated rings. The number of benzene rings is 1. The van der Waals surface area contributed by atoms with E-state index in [9.17, 15) is 0 Å². The van der Waals surface area contributed by atoms with Crippen molar-refractivity contribution < 1.29 is 0 Å². The summed E-state index contributed by atoms with van der Waals surface area (Å²) in [5.41, 5.74) is 4.81. The fourth-order valence-corrected chi connectivity index (χ4v) is 2.84. The first-order valence-corrected chi connectivity index (χ1v) is 7.24. The number of nitrogens with one attached hydrogen (secondary N) is 1. The van der Waals surface area contributed by atoms with Gasteiger partial charge in [0, 0.05) is 5.56 Å². The topological polar surface area (TPSA) is 28.7 Å². The van der Waals surface area contributed by atoms with Crippen molar-refractivity contribution in [1.82, 2.24) is 9.97 Å². The van der Waals surface area contributed by atoms with Crippen LogP contribution < -0.4 is 0 Å². The van der Waals surface area contributed by atoms with Crippen LogP contribution in [0.15, 0.2) is 24.3 Å². The van der Waals surface area contributed by atoms with Crippen molar-refractivity contribution in [3.05, 3.63) is 45.9 Å². The van der Waals surface area contributed by atoms with Crippen LogP contribution in [0.5, 0.6) is 0 Å². The number of aromatic nitrogens is 2. The van der Waals surface area contributed by atoms with Crippen LogP contribution in [0.25, 0.3) is 11.3 Å². The molecule has 3 heteroatoms. The smallest absolute Gasteiger partial charge is 0.133 e. The van der Waals surface area contributed by atoms with E-state index in [4.69, 9.17) is 12.2 Å². The summed E-state index contributed by atoms with van der Waals surface area (Å²) < 4.78 is 0.689. The molecule has 2 aromatic rings. The minimum atomic E-state index is 0.689. The van der Waals surface area contributed by atoms with Crippen LogP contribution in [0.4, 0.5) is 0 Å². The highest BCUT2D eigenvalue weighted by Gasteiger charge is 2.19. The fraction of sp³-hybridized carbons (Fsp3) is 0.375. The van der Waals surface area contributed by atoms with E-state index in [1.807, 2.05) is 13.8 Å². The molecule has 1 aromatic carbocycles. The normalized spacial score (nSPS) is 15.3. The first-order valence-electron chi connectivity index (χ1n) is 6.83. The minimum Gasteiger partial charge on any atom is -0.343 e. The van der Waals surface area contributed by atoms with E-state index < -0.39 is 0 Å². The molecule has 1 N–H and O–H groups in total. The van der Waals surface area contributed by atoms with Crippen molar-refractivity contribution in [3.8, 4) is 11.3 Å². The molecule has 1 saturated carbocycles. The van der Waals surface area contributed by atoms with E-state index in [0.717, 1.165) is 23.0 Å². The second-order valence-corrected chi connectivity index (χ2v) is 5.76. The molecule has 0 saturated heterocycles. The zero-order chi connectivity index (χ0) is 13.4. The lowest BCUT2D eigenvalue weighted by Gasteiger charge is -2.25. The number of nitrogens with zero attached hydrogens (tertiary/aromatic N) is 1. The zero-order valence-electron chi connectivity index (χ0n) is 11.4. The van der Waals surface area contributed by atoms with Crippen LogP contribution in [0.3, 0.4) is 0 Å². The minimum absolute atomic E-state index is 0.689. The Morgan fingerprint density at radius 3 is 2.42 bits per heavy atom. The van der Waals surface area contributed by atoms with E-state index in [2.05, 4.69) is 34.2 Å². The summed E-state index contributed by atoms with van der Waals surface area (Å²) in [5.74, 6) is 1.65. The third kappa shape index (κ3) is 2.35. The molecule has 1 aliphatic rings. The molecule has 1 aliphatic carbocycles. The Labute approximate surface area is 118 Å². The van der Waals surface area contributed by atoms with Gasteiger partial charge in [0.25, 0.3) is 0 Å². The Balaban J connectivity index is 2.00. The summed E-state index contributed by atoms with van der Waals surface area (Å²) >= 11 is 5.29. The number of aryl methyl sites for hydroxylation is 1. The summed E-state index contributed by atoms with van der Waals surface area (Å²) in [7, 11) is 0. The maximum absolute atomic E-state index is 5.29. The molecule has 0 spiro atoms. The molecule has 2 nitrogen and oxygen atoms in total. The third-order valence-corrected chi connectivity index (χ3v) is 4.44. The molecule has 1 aromatic heterocycles. The summed E-state index contributed by atoms with van der Waals surface area (Å²) in [6.07, 6.45) is 4.06. The Morgan fingerprint density at radius 1 is 1.16 bits per heavy atom. The number of rotatable bonds is 2. The van der Waals surface area contributed by atoms with Gasteiger partial charge in [-0.15, -0.1) is 0 Å². The maximum atomic E-state index is 5.29. The van der Waals surface area contributed by atoms with Crippen LogP contribution in [0.2, 0.25) is 0 Å². The number of hydrogen-bond donors (Lipinski definition) is 1. The molecule has 0 atom stereocenters. The first-order chi connectivity index (χ1) is 9.15. The Hall–Kier alpha value is -1.48. The number of H-pyrrole nitrogens is 1. The van der Waals surface area contributed by atoms with E-state index in [1.54, 1.807) is 0 Å². The zero-order valence-corrected chi connectivity index (χ0v) is 12.2. The predicted molar refractivity (Wildman–Crippen MR) is 80.9 cm³/mol. The van der Waals surface area contributed by atoms with Crippen LogP contribution in [0.1, 0.15) is 42.1 Å². The van der Waals surface area contributed by atoms with Crippen LogP contribution >= 0.6 is 12.2 Å². The largest absolute Gasteiger partial charge is 0.343 e. The first kappa shape index (κ1) is 12.5. The standard InChI is InChI=1S/C16H18N2S/c1-10-15(17-11(2)18-16(10)19)14-8-6-13(7-9-14)12-4-3-5-12/h6-9,12H,3-5H2,1-2H3,(H,17,18,19). The highest BCUT2D eigenvalue weighted by molar-refractivity contribution is 7.71. The van der Waals surface area contributed by atoms with Crippen molar-refractivity contribution in [2.75, 3.05) is 0 Å². The molecule has 0 unspecified atom stereocenters. The van der Waals surface area contributed by atoms with Gasteiger partial charge in [-0.25, -0.2) is 4.98 Å². The molecular formula is C16H18N2S. The highest BCUT2D eigenvalue weighted by atomic mass is 32.1. The van der Waals surface area contributed by atoms with Crippen molar-refractivity contribution in [2.45, 2.75) is 39.0 Å². The van der Waals surface area contributed by atoms with Gasteiger partial charge in [0.2, 0.25) is 0 Å². The second-order valence-electron chi connectivity index (χ2n) is 5.38. The SMILES string of the molecule is Cc1nc(=S)c(C)c(-c2ccc(C3CCC3)cc2)[nH]1. The lowest BCUT2D eigenvalue weighted by molar-refractivity contribution is 0.420. The Morgan fingerprint density at radius 2 is 1.84 bits per heavy atom. The van der Waals surface area contributed by atoms with Crippen LogP contribution in [0, 0.1) is 18.5 Å². The lowest BCUT2D eigenvalue weighted by atomic mass is 9.80. The number of hydrogen-bond acceptors (Lipinski definition) is 2. The van der Waals surface area contributed by atoms with Crippen LogP contribution in [-0.4, -0.2) is 9.97 Å². The highest BCUT2D eigenvalue weighted by Crippen LogP contribution is 2.37. The van der Waals surface area contributed by atoms with Gasteiger partial charge in [-0.05, 0) is 43.7 Å². The third-order valence-electron chi connectivity index (χ3n) is 4.05. The fourth-order valence-electron chi connectivity index (χ4n) is 2.60. The molecule has 0 bridgehead atoms. The van der Waals surface area contributed by atoms with Gasteiger partial charge >= 0.3 is 0 Å². The van der Waals surface area contributed by atoms with Gasteiger partial charge < -0.3 is 4.98 Å². The van der Waals surface area contributed by atoms with E-state index in [0.29, 0.717) is 4.64 Å². The van der Waals surface area contributed by atoms with Crippen LogP contribution in [-0.2, 0) is 0 Å². The Kier molecular flexibility index (Phi) is 3.23. The summed E-state index contributed by atoms with van der Waals surface area (Å²) in [5, 5.41) is 0. The average molecular weight is 270 g/mol. The van der Waals surface area contributed by atoms with Gasteiger partial charge in [-0.3, -0.25) is 0 Å². The number of aromatic amines is 1. The van der Waals surface area contributed by atoms with Crippen molar-refractivity contribution in [2.24, 2.45) is 0 Å². The molecule has 3 rings (SSSR count). The molecule has 0 aliphatic heterocycles. The second kappa shape index (κ2) is 4.89. The quantitative estimate of drug-likeness (QED) is 0.802. The van der Waals surface area contributed by atoms with E-state index >= 15 is 0 Å². The summed E-state index contributed by atoms with van der Waals surface area (Å²) in [6, 6.07) is 8.90. The van der Waals surface area contributed by atoms with E-state index in [-0.39, 0.29) is 0 Å². The van der Waals surface area contributed by atoms with Gasteiger partial charge in [-0.1, -0.05) is 42.9 Å². The van der Waals surface area contributed by atoms with Crippen molar-refractivity contribution >= 4 is 12.2 Å². The monoisotopic (exact) mass is 270 g/mol. The van der Waals surface area contributed by atoms with Gasteiger partial charge in [-0.2, -0.15) is 0 Å². The van der Waals surface area contributed by atoms with Gasteiger partial charge in [0.1, 0.15) is 10.5 Å². The van der Waals surface area contributed by atoms with E-state index in [1.165, 1.54) is 30.4 Å². The average Bonchev–Trinajstić information content (AvgIpc) is 2.33. The maximum Gasteiger partial charge on any atom is 0.133 e. The molecule has 0 amide bonds. The molecule has 19 heavy (non-hydrogen) atoms. The van der Waals surface area contributed by atoms with Gasteiger partial charge in [0.15, 0.2) is 0 Å². The molecule has 0 radical (unpaired) electrons. The predicted octanol–water partition coefficient (Wildman–Crippen LogP) is 4.69.